The van der Waals surface area contributed by atoms with Crippen LogP contribution in [0.25, 0.3) is 22.2 Å². The fourth-order valence-electron chi connectivity index (χ4n) is 3.56. The number of hydrogen-bond acceptors (Lipinski definition) is 8. The third-order valence-electron chi connectivity index (χ3n) is 5.34. The zero-order valence-corrected chi connectivity index (χ0v) is 20.3. The Hall–Kier alpha value is -4.29. The van der Waals surface area contributed by atoms with E-state index in [4.69, 9.17) is 33.7 Å². The van der Waals surface area contributed by atoms with Crippen LogP contribution in [-0.4, -0.2) is 48.2 Å². The van der Waals surface area contributed by atoms with Gasteiger partial charge in [-0.3, -0.25) is 19.0 Å². The van der Waals surface area contributed by atoms with E-state index < -0.39 is 29.1 Å². The van der Waals surface area contributed by atoms with Crippen molar-refractivity contribution in [1.82, 2.24) is 19.1 Å². The van der Waals surface area contributed by atoms with Gasteiger partial charge in [-0.05, 0) is 17.7 Å². The second-order valence-electron chi connectivity index (χ2n) is 7.62. The lowest BCUT2D eigenvalue weighted by molar-refractivity contribution is -0.116. The number of primary amides is 1. The van der Waals surface area contributed by atoms with Crippen molar-refractivity contribution in [2.45, 2.75) is 6.54 Å². The summed E-state index contributed by atoms with van der Waals surface area (Å²) in [7, 11) is 2.72. The van der Waals surface area contributed by atoms with Crippen molar-refractivity contribution in [2.75, 3.05) is 12.4 Å². The summed E-state index contributed by atoms with van der Waals surface area (Å²) in [5, 5.41) is 22.9. The number of aromatic hydroxyl groups is 2. The van der Waals surface area contributed by atoms with Crippen molar-refractivity contribution < 1.29 is 24.5 Å². The maximum atomic E-state index is 13.1. The number of ether oxygens (including phenoxy) is 1. The predicted octanol–water partition coefficient (Wildman–Crippen LogP) is 2.26. The summed E-state index contributed by atoms with van der Waals surface area (Å²) in [6.07, 6.45) is 2.74. The van der Waals surface area contributed by atoms with E-state index in [-0.39, 0.29) is 55.9 Å². The average molecular weight is 533 g/mol. The third-order valence-corrected chi connectivity index (χ3v) is 5.93. The Morgan fingerprint density at radius 1 is 1.19 bits per heavy atom. The van der Waals surface area contributed by atoms with Crippen LogP contribution < -0.4 is 21.3 Å². The smallest absolute Gasteiger partial charge is 0.298 e. The second-order valence-corrected chi connectivity index (χ2v) is 8.43. The predicted molar refractivity (Wildman–Crippen MR) is 132 cm³/mol. The number of fused-ring (bicyclic) bond motifs is 1. The minimum Gasteiger partial charge on any atom is -0.506 e. The number of anilines is 1. The SMILES string of the molecule is COc1cc(NC(=O)Cn2cc(-c3cc(Cl)c(O)c(C(N)=O)c3)c3c(=O)n(C)c(O)nc32)c(Cl)cn1. The molecule has 5 N–H and O–H groups in total. The van der Waals surface area contributed by atoms with Crippen LogP contribution in [0.2, 0.25) is 10.0 Å². The first-order valence-corrected chi connectivity index (χ1v) is 10.9. The summed E-state index contributed by atoms with van der Waals surface area (Å²) in [5.74, 6) is -1.76. The number of carbonyl (C=O) groups excluding carboxylic acids is 2. The lowest BCUT2D eigenvalue weighted by Gasteiger charge is -2.10. The van der Waals surface area contributed by atoms with Gasteiger partial charge in [0.05, 0.1) is 40.0 Å². The number of phenols is 1. The summed E-state index contributed by atoms with van der Waals surface area (Å²) in [5.41, 5.74) is 5.17. The molecule has 0 aliphatic heterocycles. The van der Waals surface area contributed by atoms with E-state index >= 15 is 0 Å². The first-order chi connectivity index (χ1) is 17.0. The van der Waals surface area contributed by atoms with Gasteiger partial charge >= 0.3 is 0 Å². The lowest BCUT2D eigenvalue weighted by atomic mass is 10.0. The molecule has 186 valence electrons. The number of nitrogens with two attached hydrogens (primary N) is 1. The Bertz CT molecular complexity index is 1610. The number of nitrogens with one attached hydrogen (secondary N) is 1. The molecule has 4 aromatic rings. The number of amides is 2. The zero-order chi connectivity index (χ0) is 26.3. The van der Waals surface area contributed by atoms with Gasteiger partial charge < -0.3 is 30.6 Å². The Morgan fingerprint density at radius 3 is 2.58 bits per heavy atom. The molecule has 0 saturated heterocycles. The molecular weight excluding hydrogens is 515 g/mol. The van der Waals surface area contributed by atoms with Gasteiger partial charge in [-0.25, -0.2) is 4.98 Å². The van der Waals surface area contributed by atoms with Gasteiger partial charge in [0.15, 0.2) is 5.65 Å². The maximum Gasteiger partial charge on any atom is 0.298 e. The zero-order valence-electron chi connectivity index (χ0n) is 18.7. The van der Waals surface area contributed by atoms with Crippen molar-refractivity contribution in [1.29, 1.82) is 0 Å². The maximum absolute atomic E-state index is 13.1. The molecule has 14 heteroatoms. The van der Waals surface area contributed by atoms with Crippen LogP contribution >= 0.6 is 23.2 Å². The van der Waals surface area contributed by atoms with Crippen LogP contribution in [0.15, 0.2) is 35.4 Å². The molecule has 2 amide bonds. The molecule has 36 heavy (non-hydrogen) atoms. The van der Waals surface area contributed by atoms with E-state index in [1.54, 1.807) is 0 Å². The number of hydrogen-bond donors (Lipinski definition) is 4. The lowest BCUT2D eigenvalue weighted by Crippen LogP contribution is -2.21. The summed E-state index contributed by atoms with van der Waals surface area (Å²) in [6, 6.07) is 3.45. The molecule has 0 bridgehead atoms. The molecule has 4 rings (SSSR count). The van der Waals surface area contributed by atoms with Crippen LogP contribution in [0, 0.1) is 0 Å². The molecule has 0 fully saturated rings. The Balaban J connectivity index is 1.84. The van der Waals surface area contributed by atoms with Crippen molar-refractivity contribution in [3.8, 4) is 28.8 Å². The van der Waals surface area contributed by atoms with Crippen molar-refractivity contribution >= 4 is 51.7 Å². The van der Waals surface area contributed by atoms with E-state index in [2.05, 4.69) is 15.3 Å². The van der Waals surface area contributed by atoms with Gasteiger partial charge in [0.25, 0.3) is 17.5 Å². The molecule has 0 aliphatic carbocycles. The van der Waals surface area contributed by atoms with Crippen molar-refractivity contribution in [3.05, 3.63) is 56.6 Å². The fraction of sp³-hybridized carbons (Fsp3) is 0.136. The molecule has 0 unspecified atom stereocenters. The monoisotopic (exact) mass is 532 g/mol. The van der Waals surface area contributed by atoms with Crippen LogP contribution in [0.1, 0.15) is 10.4 Å². The topological polar surface area (TPSA) is 175 Å². The summed E-state index contributed by atoms with van der Waals surface area (Å²) < 4.78 is 7.28. The largest absolute Gasteiger partial charge is 0.506 e. The second kappa shape index (κ2) is 9.40. The summed E-state index contributed by atoms with van der Waals surface area (Å²) >= 11 is 12.2. The quantitative estimate of drug-likeness (QED) is 0.292. The fourth-order valence-corrected chi connectivity index (χ4v) is 3.93. The first-order valence-electron chi connectivity index (χ1n) is 10.1. The van der Waals surface area contributed by atoms with Crippen LogP contribution in [-0.2, 0) is 18.4 Å². The average Bonchev–Trinajstić information content (AvgIpc) is 3.18. The van der Waals surface area contributed by atoms with Gasteiger partial charge in [0.1, 0.15) is 12.3 Å². The van der Waals surface area contributed by atoms with E-state index in [9.17, 15) is 24.6 Å². The molecule has 12 nitrogen and oxygen atoms in total. The number of aromatic nitrogens is 4. The minimum atomic E-state index is -0.937. The standard InChI is InChI=1S/C22H18Cl2N6O6/c1-29-21(34)17-11(9-3-10(19(25)33)18(32)12(23)4-9)7-30(20(17)28-22(29)35)8-15(31)27-14-5-16(36-2)26-6-13(14)24/h3-7,32H,8H2,1-2H3,(H2,25,33)(H,28,35)(H,26,27,31). The van der Waals surface area contributed by atoms with Gasteiger partial charge in [0, 0.05) is 24.9 Å². The highest BCUT2D eigenvalue weighted by Gasteiger charge is 2.22. The van der Waals surface area contributed by atoms with Crippen molar-refractivity contribution in [2.24, 2.45) is 12.8 Å². The normalized spacial score (nSPS) is 11.0. The number of benzene rings is 1. The van der Waals surface area contributed by atoms with E-state index in [0.29, 0.717) is 0 Å². The molecule has 3 aromatic heterocycles. The molecule has 0 aliphatic rings. The van der Waals surface area contributed by atoms with E-state index in [1.165, 1.54) is 49.3 Å². The molecular formula is C22H18Cl2N6O6. The Kier molecular flexibility index (Phi) is 6.48. The van der Waals surface area contributed by atoms with Gasteiger partial charge in [-0.15, -0.1) is 0 Å². The Morgan fingerprint density at radius 2 is 1.92 bits per heavy atom. The molecule has 0 saturated carbocycles. The van der Waals surface area contributed by atoms with Crippen LogP contribution in [0.3, 0.4) is 0 Å². The highest BCUT2D eigenvalue weighted by atomic mass is 35.5. The molecule has 1 aromatic carbocycles. The highest BCUT2D eigenvalue weighted by molar-refractivity contribution is 6.33. The summed E-state index contributed by atoms with van der Waals surface area (Å²) in [4.78, 5) is 45.7. The van der Waals surface area contributed by atoms with Crippen LogP contribution in [0.4, 0.5) is 5.69 Å². The number of carbonyl (C=O) groups is 2. The number of halogens is 2. The highest BCUT2D eigenvalue weighted by Crippen LogP contribution is 2.36. The number of nitrogens with zero attached hydrogens (tertiary/aromatic N) is 4. The van der Waals surface area contributed by atoms with Crippen LogP contribution in [0.5, 0.6) is 17.6 Å². The summed E-state index contributed by atoms with van der Waals surface area (Å²) in [6.45, 7) is -0.342. The van der Waals surface area contributed by atoms with Gasteiger partial charge in [-0.2, -0.15) is 4.98 Å². The number of rotatable bonds is 6. The molecule has 3 heterocycles. The Labute approximate surface area is 212 Å². The van der Waals surface area contributed by atoms with E-state index in [1.807, 2.05) is 0 Å². The van der Waals surface area contributed by atoms with Gasteiger partial charge in [0.2, 0.25) is 11.8 Å². The molecule has 0 atom stereocenters. The van der Waals surface area contributed by atoms with Gasteiger partial charge in [-0.1, -0.05) is 23.2 Å². The van der Waals surface area contributed by atoms with E-state index in [0.717, 1.165) is 4.57 Å². The van der Waals surface area contributed by atoms with Crippen molar-refractivity contribution in [3.63, 3.8) is 0 Å². The first kappa shape index (κ1) is 24.8. The minimum absolute atomic E-state index is 0.0102. The number of pyridine rings is 1. The molecule has 0 radical (unpaired) electrons. The third kappa shape index (κ3) is 4.39. The number of methoxy groups -OCH3 is 1. The molecule has 0 spiro atoms.